The van der Waals surface area contributed by atoms with Gasteiger partial charge in [0.2, 0.25) is 0 Å². The fraction of sp³-hybridized carbons (Fsp3) is 0.812. The van der Waals surface area contributed by atoms with E-state index < -0.39 is 13.9 Å². The topological polar surface area (TPSA) is 94.1 Å². The number of phosphoric ester groups is 1. The van der Waals surface area contributed by atoms with E-state index in [9.17, 15) is 14.3 Å². The quantitative estimate of drug-likeness (QED) is 0.0199. The van der Waals surface area contributed by atoms with Crippen molar-refractivity contribution in [1.82, 2.24) is 0 Å². The maximum absolute atomic E-state index is 12.7. The van der Waals surface area contributed by atoms with Crippen molar-refractivity contribution in [2.75, 3.05) is 54.1 Å². The second-order valence-corrected chi connectivity index (χ2v) is 18.1. The van der Waals surface area contributed by atoms with Gasteiger partial charge in [-0.2, -0.15) is 0 Å². The van der Waals surface area contributed by atoms with E-state index in [1.54, 1.807) is 0 Å². The van der Waals surface area contributed by atoms with Gasteiger partial charge in [-0.15, -0.1) is 0 Å². The minimum absolute atomic E-state index is 0.0222. The summed E-state index contributed by atoms with van der Waals surface area (Å²) in [7, 11) is 1.34. The highest BCUT2D eigenvalue weighted by Gasteiger charge is 2.20. The lowest BCUT2D eigenvalue weighted by molar-refractivity contribution is -0.870. The maximum Gasteiger partial charge on any atom is 0.306 e. The standard InChI is InChI=1S/C48H90NO7P/c1-6-8-10-12-14-16-18-20-22-24-26-28-30-32-34-36-38-40-43-53-45-47(46-55-57(51,52)54-44-42-49(3,4)5)56-48(50)41-39-37-35-33-31-29-27-25-23-21-19-17-15-13-11-9-7-2/h9,11,15,17,20-23,47H,6-8,10,12-14,16,18-19,24-46H2,1-5H3/b11-9-,17-15-,22-20-,23-21-. The first-order valence-corrected chi connectivity index (χ1v) is 24.8. The maximum atomic E-state index is 12.7. The second kappa shape index (κ2) is 41.2. The Morgan fingerprint density at radius 2 is 1.02 bits per heavy atom. The van der Waals surface area contributed by atoms with Crippen LogP contribution in [0.4, 0.5) is 0 Å². The number of ether oxygens (including phenoxy) is 2. The molecule has 0 aliphatic carbocycles. The molecule has 57 heavy (non-hydrogen) atoms. The fourth-order valence-electron chi connectivity index (χ4n) is 6.26. The molecule has 0 spiro atoms. The third kappa shape index (κ3) is 45.4. The Bertz CT molecular complexity index is 1050. The van der Waals surface area contributed by atoms with Gasteiger partial charge in [0.15, 0.2) is 0 Å². The molecule has 0 amide bonds. The van der Waals surface area contributed by atoms with Crippen molar-refractivity contribution >= 4 is 13.8 Å². The van der Waals surface area contributed by atoms with Crippen LogP contribution >= 0.6 is 7.82 Å². The number of nitrogens with zero attached hydrogens (tertiary/aromatic N) is 1. The van der Waals surface area contributed by atoms with Gasteiger partial charge in [0, 0.05) is 13.0 Å². The van der Waals surface area contributed by atoms with E-state index in [0.717, 1.165) is 57.8 Å². The molecule has 0 heterocycles. The third-order valence-electron chi connectivity index (χ3n) is 9.86. The Morgan fingerprint density at radius 1 is 0.561 bits per heavy atom. The molecule has 334 valence electrons. The number of unbranched alkanes of at least 4 members (excludes halogenated alkanes) is 21. The zero-order valence-electron chi connectivity index (χ0n) is 37.8. The van der Waals surface area contributed by atoms with Crippen LogP contribution in [0.2, 0.25) is 0 Å². The molecule has 0 bridgehead atoms. The van der Waals surface area contributed by atoms with Crippen molar-refractivity contribution in [3.8, 4) is 0 Å². The Morgan fingerprint density at radius 3 is 1.54 bits per heavy atom. The van der Waals surface area contributed by atoms with Crippen molar-refractivity contribution in [1.29, 1.82) is 0 Å². The first kappa shape index (κ1) is 55.5. The number of hydrogen-bond donors (Lipinski definition) is 0. The Labute approximate surface area is 352 Å². The molecule has 0 N–H and O–H groups in total. The number of quaternary nitrogens is 1. The normalized spacial score (nSPS) is 14.1. The number of carbonyl (C=O) groups excluding carboxylic acids is 1. The van der Waals surface area contributed by atoms with Gasteiger partial charge < -0.3 is 27.9 Å². The largest absolute Gasteiger partial charge is 0.756 e. The van der Waals surface area contributed by atoms with Gasteiger partial charge in [-0.3, -0.25) is 9.36 Å². The van der Waals surface area contributed by atoms with Crippen LogP contribution in [0.25, 0.3) is 0 Å². The number of likely N-dealkylation sites (N-methyl/N-ethyl adjacent to an activating group) is 1. The Balaban J connectivity index is 4.22. The van der Waals surface area contributed by atoms with E-state index in [2.05, 4.69) is 62.5 Å². The molecular weight excluding hydrogens is 734 g/mol. The van der Waals surface area contributed by atoms with Crippen LogP contribution in [0.5, 0.6) is 0 Å². The number of hydrogen-bond acceptors (Lipinski definition) is 7. The minimum atomic E-state index is -4.53. The second-order valence-electron chi connectivity index (χ2n) is 16.7. The van der Waals surface area contributed by atoms with Gasteiger partial charge in [-0.25, -0.2) is 0 Å². The molecule has 9 heteroatoms. The molecule has 0 aliphatic heterocycles. The van der Waals surface area contributed by atoms with E-state index in [1.165, 1.54) is 116 Å². The van der Waals surface area contributed by atoms with Crippen LogP contribution < -0.4 is 4.89 Å². The highest BCUT2D eigenvalue weighted by molar-refractivity contribution is 7.45. The summed E-state index contributed by atoms with van der Waals surface area (Å²) in [5.41, 5.74) is 0. The summed E-state index contributed by atoms with van der Waals surface area (Å²) in [4.78, 5) is 25.1. The molecule has 2 unspecified atom stereocenters. The predicted octanol–water partition coefficient (Wildman–Crippen LogP) is 13.3. The van der Waals surface area contributed by atoms with Gasteiger partial charge in [-0.1, -0.05) is 165 Å². The third-order valence-corrected chi connectivity index (χ3v) is 10.8. The lowest BCUT2D eigenvalue weighted by Crippen LogP contribution is -2.37. The first-order valence-electron chi connectivity index (χ1n) is 23.4. The van der Waals surface area contributed by atoms with Crippen molar-refractivity contribution < 1.29 is 37.3 Å². The van der Waals surface area contributed by atoms with E-state index in [-0.39, 0.29) is 25.8 Å². The summed E-state index contributed by atoms with van der Waals surface area (Å²) in [6.45, 7) is 5.29. The van der Waals surface area contributed by atoms with Gasteiger partial charge in [0.05, 0.1) is 34.4 Å². The zero-order chi connectivity index (χ0) is 42.0. The molecule has 0 saturated heterocycles. The van der Waals surface area contributed by atoms with Crippen molar-refractivity contribution in [2.24, 2.45) is 0 Å². The zero-order valence-corrected chi connectivity index (χ0v) is 38.7. The van der Waals surface area contributed by atoms with Gasteiger partial charge in [-0.05, 0) is 70.6 Å². The van der Waals surface area contributed by atoms with Crippen LogP contribution in [0.15, 0.2) is 48.6 Å². The van der Waals surface area contributed by atoms with Gasteiger partial charge >= 0.3 is 5.97 Å². The average molecular weight is 824 g/mol. The van der Waals surface area contributed by atoms with Crippen LogP contribution in [0, 0.1) is 0 Å². The Hall–Kier alpha value is -1.54. The molecule has 2 atom stereocenters. The van der Waals surface area contributed by atoms with Crippen molar-refractivity contribution in [2.45, 2.75) is 200 Å². The molecule has 0 aliphatic rings. The van der Waals surface area contributed by atoms with E-state index in [1.807, 2.05) is 21.1 Å². The van der Waals surface area contributed by atoms with E-state index in [4.69, 9.17) is 18.5 Å². The molecule has 0 fully saturated rings. The number of rotatable bonds is 43. The monoisotopic (exact) mass is 824 g/mol. The number of phosphoric acid groups is 1. The highest BCUT2D eigenvalue weighted by Crippen LogP contribution is 2.38. The molecule has 8 nitrogen and oxygen atoms in total. The lowest BCUT2D eigenvalue weighted by Gasteiger charge is -2.28. The average Bonchev–Trinajstić information content (AvgIpc) is 3.16. The lowest BCUT2D eigenvalue weighted by atomic mass is 10.1. The SMILES string of the molecule is CC/C=C\C/C=C\C/C=C\CCCCCCCCCC(=O)OC(COCCCCCCCCCC/C=C\CCCCCCCC)COP(=O)([O-])OCC[N+](C)(C)C. The van der Waals surface area contributed by atoms with Crippen molar-refractivity contribution in [3.05, 3.63) is 48.6 Å². The summed E-state index contributed by atoms with van der Waals surface area (Å²) in [6.07, 6.45) is 49.8. The summed E-state index contributed by atoms with van der Waals surface area (Å²) < 4.78 is 34.6. The Kier molecular flexibility index (Phi) is 40.1. The molecule has 0 aromatic heterocycles. The first-order chi connectivity index (χ1) is 27.6. The van der Waals surface area contributed by atoms with E-state index >= 15 is 0 Å². The van der Waals surface area contributed by atoms with E-state index in [0.29, 0.717) is 24.1 Å². The summed E-state index contributed by atoms with van der Waals surface area (Å²) in [5, 5.41) is 0. The summed E-state index contributed by atoms with van der Waals surface area (Å²) in [5.74, 6) is -0.345. The molecule has 0 saturated carbocycles. The highest BCUT2D eigenvalue weighted by atomic mass is 31.2. The number of allylic oxidation sites excluding steroid dienone is 8. The van der Waals surface area contributed by atoms with Crippen LogP contribution in [0.3, 0.4) is 0 Å². The van der Waals surface area contributed by atoms with Gasteiger partial charge in [0.25, 0.3) is 7.82 Å². The van der Waals surface area contributed by atoms with Crippen LogP contribution in [0.1, 0.15) is 194 Å². The van der Waals surface area contributed by atoms with Crippen molar-refractivity contribution in [3.63, 3.8) is 0 Å². The van der Waals surface area contributed by atoms with Crippen LogP contribution in [-0.2, 0) is 27.9 Å². The molecule has 0 aromatic carbocycles. The summed E-state index contributed by atoms with van der Waals surface area (Å²) >= 11 is 0. The number of carbonyl (C=O) groups is 1. The van der Waals surface area contributed by atoms with Gasteiger partial charge in [0.1, 0.15) is 19.3 Å². The number of esters is 1. The minimum Gasteiger partial charge on any atom is -0.756 e. The van der Waals surface area contributed by atoms with Crippen LogP contribution in [-0.4, -0.2) is 70.7 Å². The summed E-state index contributed by atoms with van der Waals surface area (Å²) in [6, 6.07) is 0. The fourth-order valence-corrected chi connectivity index (χ4v) is 6.99. The molecule has 0 aromatic rings. The molecule has 0 rings (SSSR count). The smallest absolute Gasteiger partial charge is 0.306 e. The molecule has 0 radical (unpaired) electrons. The molecular formula is C48H90NO7P. The predicted molar refractivity (Wildman–Crippen MR) is 240 cm³/mol.